The molecule has 1 aliphatic rings. The van der Waals surface area contributed by atoms with Gasteiger partial charge in [0.1, 0.15) is 17.1 Å². The minimum absolute atomic E-state index is 0. The van der Waals surface area contributed by atoms with Crippen molar-refractivity contribution < 1.29 is 18.7 Å². The first kappa shape index (κ1) is 22.4. The number of carbonyl (C=O) groups is 2. The molecule has 0 aliphatic carbocycles. The summed E-state index contributed by atoms with van der Waals surface area (Å²) in [7, 11) is 1.41. The average molecular weight is 422 g/mol. The van der Waals surface area contributed by atoms with Gasteiger partial charge in [-0.3, -0.25) is 9.59 Å². The fourth-order valence-electron chi connectivity index (χ4n) is 3.37. The standard InChI is InChI=1S/C20H23N3O5.ClH/c1-11-8-16(12-4-3-7-22-10-12)28-20(26)17(11)19(25)23-13-5-6-15(27-2)14(9-13)18(21)24;/h5-6,8-9,12,22H,3-4,7,10H2,1-2H3,(H2,21,24)(H,23,25);1H. The molecule has 2 amide bonds. The topological polar surface area (TPSA) is 124 Å². The molecule has 0 bridgehead atoms. The molecule has 0 radical (unpaired) electrons. The van der Waals surface area contributed by atoms with Crippen LogP contribution in [0.25, 0.3) is 0 Å². The molecule has 29 heavy (non-hydrogen) atoms. The van der Waals surface area contributed by atoms with Crippen LogP contribution >= 0.6 is 12.4 Å². The number of hydrogen-bond donors (Lipinski definition) is 3. The van der Waals surface area contributed by atoms with Crippen molar-refractivity contribution >= 4 is 29.9 Å². The van der Waals surface area contributed by atoms with Crippen LogP contribution in [0.3, 0.4) is 0 Å². The van der Waals surface area contributed by atoms with Crippen molar-refractivity contribution in [1.29, 1.82) is 0 Å². The molecule has 2 heterocycles. The molecular formula is C20H24ClN3O5. The van der Waals surface area contributed by atoms with E-state index in [1.54, 1.807) is 19.1 Å². The molecule has 4 N–H and O–H groups in total. The third-order valence-electron chi connectivity index (χ3n) is 4.82. The van der Waals surface area contributed by atoms with Gasteiger partial charge >= 0.3 is 5.63 Å². The third kappa shape index (κ3) is 4.96. The molecule has 1 aliphatic heterocycles. The lowest BCUT2D eigenvalue weighted by Gasteiger charge is -2.22. The normalized spacial score (nSPS) is 15.9. The molecule has 0 spiro atoms. The van der Waals surface area contributed by atoms with Gasteiger partial charge in [-0.1, -0.05) is 0 Å². The van der Waals surface area contributed by atoms with Gasteiger partial charge in [0.15, 0.2) is 0 Å². The van der Waals surface area contributed by atoms with E-state index in [9.17, 15) is 14.4 Å². The number of carbonyl (C=O) groups excluding carboxylic acids is 2. The van der Waals surface area contributed by atoms with Crippen LogP contribution in [0.15, 0.2) is 33.5 Å². The minimum atomic E-state index is -0.686. The van der Waals surface area contributed by atoms with Gasteiger partial charge in [0.2, 0.25) is 0 Å². The highest BCUT2D eigenvalue weighted by Gasteiger charge is 2.23. The Bertz CT molecular complexity index is 967. The molecule has 0 saturated carbocycles. The minimum Gasteiger partial charge on any atom is -0.496 e. The zero-order valence-electron chi connectivity index (χ0n) is 16.2. The Morgan fingerprint density at radius 3 is 2.66 bits per heavy atom. The SMILES string of the molecule is COc1ccc(NC(=O)c2c(C)cc(C3CCCNC3)oc2=O)cc1C(N)=O.Cl. The molecule has 2 aromatic rings. The summed E-state index contributed by atoms with van der Waals surface area (Å²) in [6.07, 6.45) is 1.94. The number of hydrogen-bond acceptors (Lipinski definition) is 6. The number of ether oxygens (including phenoxy) is 1. The number of aryl methyl sites for hydroxylation is 1. The lowest BCUT2D eigenvalue weighted by atomic mass is 9.95. The van der Waals surface area contributed by atoms with E-state index in [0.29, 0.717) is 22.8 Å². The molecule has 1 saturated heterocycles. The van der Waals surface area contributed by atoms with E-state index in [0.717, 1.165) is 25.9 Å². The monoisotopic (exact) mass is 421 g/mol. The molecule has 1 unspecified atom stereocenters. The van der Waals surface area contributed by atoms with Gasteiger partial charge in [-0.05, 0) is 56.1 Å². The first-order chi connectivity index (χ1) is 13.4. The van der Waals surface area contributed by atoms with Crippen LogP contribution in [-0.4, -0.2) is 32.0 Å². The lowest BCUT2D eigenvalue weighted by Crippen LogP contribution is -2.30. The van der Waals surface area contributed by atoms with Crippen molar-refractivity contribution in [2.45, 2.75) is 25.7 Å². The number of halogens is 1. The van der Waals surface area contributed by atoms with Crippen molar-refractivity contribution in [3.8, 4) is 5.75 Å². The fraction of sp³-hybridized carbons (Fsp3) is 0.350. The zero-order chi connectivity index (χ0) is 20.3. The number of anilines is 1. The van der Waals surface area contributed by atoms with E-state index in [1.165, 1.54) is 19.2 Å². The Labute approximate surface area is 174 Å². The number of nitrogens with two attached hydrogens (primary N) is 1. The number of primary amides is 1. The van der Waals surface area contributed by atoms with E-state index in [2.05, 4.69) is 10.6 Å². The lowest BCUT2D eigenvalue weighted by molar-refractivity contribution is 0.0992. The zero-order valence-corrected chi connectivity index (χ0v) is 17.1. The molecular weight excluding hydrogens is 398 g/mol. The Morgan fingerprint density at radius 1 is 1.31 bits per heavy atom. The van der Waals surface area contributed by atoms with E-state index in [4.69, 9.17) is 14.9 Å². The fourth-order valence-corrected chi connectivity index (χ4v) is 3.37. The summed E-state index contributed by atoms with van der Waals surface area (Å²) in [5.41, 5.74) is 5.58. The number of amides is 2. The third-order valence-corrected chi connectivity index (χ3v) is 4.82. The van der Waals surface area contributed by atoms with Crippen molar-refractivity contribution in [3.63, 3.8) is 0 Å². The van der Waals surface area contributed by atoms with Crippen LogP contribution in [-0.2, 0) is 0 Å². The van der Waals surface area contributed by atoms with Crippen LogP contribution in [0.4, 0.5) is 5.69 Å². The van der Waals surface area contributed by atoms with Gasteiger partial charge in [-0.2, -0.15) is 0 Å². The smallest absolute Gasteiger partial charge is 0.349 e. The maximum absolute atomic E-state index is 12.6. The van der Waals surface area contributed by atoms with Gasteiger partial charge in [0.25, 0.3) is 11.8 Å². The number of methoxy groups -OCH3 is 1. The Morgan fingerprint density at radius 2 is 2.07 bits per heavy atom. The largest absolute Gasteiger partial charge is 0.496 e. The van der Waals surface area contributed by atoms with Gasteiger partial charge in [-0.15, -0.1) is 12.4 Å². The predicted octanol–water partition coefficient (Wildman–Crippen LogP) is 2.20. The van der Waals surface area contributed by atoms with Crippen molar-refractivity contribution in [1.82, 2.24) is 5.32 Å². The number of nitrogens with one attached hydrogen (secondary N) is 2. The van der Waals surface area contributed by atoms with Crippen molar-refractivity contribution in [2.24, 2.45) is 5.73 Å². The molecule has 1 fully saturated rings. The first-order valence-electron chi connectivity index (χ1n) is 9.05. The van der Waals surface area contributed by atoms with Crippen LogP contribution in [0.5, 0.6) is 5.75 Å². The van der Waals surface area contributed by atoms with Crippen LogP contribution in [0.1, 0.15) is 50.8 Å². The summed E-state index contributed by atoms with van der Waals surface area (Å²) in [5.74, 6) is -0.287. The summed E-state index contributed by atoms with van der Waals surface area (Å²) in [5, 5.41) is 5.89. The number of piperidine rings is 1. The van der Waals surface area contributed by atoms with Crippen LogP contribution in [0.2, 0.25) is 0 Å². The number of rotatable bonds is 5. The van der Waals surface area contributed by atoms with Gasteiger partial charge < -0.3 is 25.5 Å². The van der Waals surface area contributed by atoms with E-state index < -0.39 is 17.4 Å². The molecule has 1 aromatic heterocycles. The molecule has 3 rings (SSSR count). The highest BCUT2D eigenvalue weighted by Crippen LogP contribution is 2.25. The Kier molecular flexibility index (Phi) is 7.41. The number of benzene rings is 1. The summed E-state index contributed by atoms with van der Waals surface area (Å²) < 4.78 is 10.5. The molecule has 156 valence electrons. The highest BCUT2D eigenvalue weighted by molar-refractivity contribution is 6.06. The van der Waals surface area contributed by atoms with E-state index >= 15 is 0 Å². The summed E-state index contributed by atoms with van der Waals surface area (Å²) in [6.45, 7) is 3.40. The summed E-state index contributed by atoms with van der Waals surface area (Å²) in [4.78, 5) is 36.7. The molecule has 1 aromatic carbocycles. The van der Waals surface area contributed by atoms with Gasteiger partial charge in [-0.25, -0.2) is 4.79 Å². The summed E-state index contributed by atoms with van der Waals surface area (Å²) >= 11 is 0. The molecule has 1 atom stereocenters. The van der Waals surface area contributed by atoms with Crippen molar-refractivity contribution in [3.05, 3.63) is 57.1 Å². The average Bonchev–Trinajstić information content (AvgIpc) is 2.68. The molecule has 9 heteroatoms. The second-order valence-corrected chi connectivity index (χ2v) is 6.77. The second-order valence-electron chi connectivity index (χ2n) is 6.77. The van der Waals surface area contributed by atoms with Gasteiger partial charge in [0, 0.05) is 18.2 Å². The maximum Gasteiger partial charge on any atom is 0.349 e. The first-order valence-corrected chi connectivity index (χ1v) is 9.05. The Hall–Kier alpha value is -2.84. The van der Waals surface area contributed by atoms with E-state index in [1.807, 2.05) is 0 Å². The highest BCUT2D eigenvalue weighted by atomic mass is 35.5. The predicted molar refractivity (Wildman–Crippen MR) is 111 cm³/mol. The second kappa shape index (κ2) is 9.58. The maximum atomic E-state index is 12.6. The van der Waals surface area contributed by atoms with Crippen LogP contribution < -0.4 is 26.7 Å². The van der Waals surface area contributed by atoms with Crippen molar-refractivity contribution in [2.75, 3.05) is 25.5 Å². The quantitative estimate of drug-likeness (QED) is 0.679. The molecule has 8 nitrogen and oxygen atoms in total. The van der Waals surface area contributed by atoms with E-state index in [-0.39, 0.29) is 29.5 Å². The Balaban J connectivity index is 0.00000300. The summed E-state index contributed by atoms with van der Waals surface area (Å²) in [6, 6.07) is 6.22. The van der Waals surface area contributed by atoms with Gasteiger partial charge in [0.05, 0.1) is 12.7 Å². The van der Waals surface area contributed by atoms with Crippen LogP contribution in [0, 0.1) is 6.92 Å².